The highest BCUT2D eigenvalue weighted by atomic mass is 19.1. The van der Waals surface area contributed by atoms with Crippen molar-refractivity contribution in [3.05, 3.63) is 53.5 Å². The number of pyridine rings is 1. The third-order valence-electron chi connectivity index (χ3n) is 2.24. The first kappa shape index (κ1) is 9.84. The van der Waals surface area contributed by atoms with E-state index < -0.39 is 0 Å². The van der Waals surface area contributed by atoms with E-state index in [4.69, 9.17) is 0 Å². The molecular weight excluding hydrogens is 189 g/mol. The highest BCUT2D eigenvalue weighted by Gasteiger charge is 2.01. The molecule has 0 aliphatic carbocycles. The first-order valence-corrected chi connectivity index (χ1v) is 4.85. The lowest BCUT2D eigenvalue weighted by atomic mass is 10.0. The van der Waals surface area contributed by atoms with E-state index in [0.717, 1.165) is 16.7 Å². The minimum Gasteiger partial charge on any atom is -0.256 e. The van der Waals surface area contributed by atoms with Crippen LogP contribution in [0, 0.1) is 19.7 Å². The summed E-state index contributed by atoms with van der Waals surface area (Å²) in [6, 6.07) is 8.91. The lowest BCUT2D eigenvalue weighted by molar-refractivity contribution is 0.626. The maximum absolute atomic E-state index is 13.0. The van der Waals surface area contributed by atoms with Crippen molar-refractivity contribution < 1.29 is 4.39 Å². The van der Waals surface area contributed by atoms with Crippen LogP contribution in [0.5, 0.6) is 0 Å². The van der Waals surface area contributed by atoms with E-state index in [9.17, 15) is 4.39 Å². The molecule has 0 saturated heterocycles. The van der Waals surface area contributed by atoms with E-state index in [1.54, 1.807) is 0 Å². The van der Waals surface area contributed by atoms with Crippen molar-refractivity contribution in [3.63, 3.8) is 0 Å². The third-order valence-corrected chi connectivity index (χ3v) is 2.24. The fraction of sp³-hybridized carbons (Fsp3) is 0.154. The Morgan fingerprint density at radius 3 is 2.27 bits per heavy atom. The molecule has 0 unspecified atom stereocenters. The van der Waals surface area contributed by atoms with Gasteiger partial charge in [-0.25, -0.2) is 4.39 Å². The number of benzene rings is 1. The average Bonchev–Trinajstić information content (AvgIpc) is 2.16. The van der Waals surface area contributed by atoms with E-state index in [0.29, 0.717) is 5.69 Å². The summed E-state index contributed by atoms with van der Waals surface area (Å²) in [6.07, 6.45) is 1.49. The fourth-order valence-electron chi connectivity index (χ4n) is 1.69. The van der Waals surface area contributed by atoms with Crippen LogP contribution in [0.1, 0.15) is 11.1 Å². The van der Waals surface area contributed by atoms with Crippen molar-refractivity contribution in [3.8, 4) is 11.3 Å². The molecule has 1 nitrogen and oxygen atoms in total. The zero-order chi connectivity index (χ0) is 10.8. The van der Waals surface area contributed by atoms with Crippen molar-refractivity contribution in [1.82, 2.24) is 4.98 Å². The molecule has 2 rings (SSSR count). The Morgan fingerprint density at radius 1 is 1.00 bits per heavy atom. The van der Waals surface area contributed by atoms with Crippen molar-refractivity contribution >= 4 is 0 Å². The summed E-state index contributed by atoms with van der Waals surface area (Å²) in [7, 11) is 0. The fourth-order valence-corrected chi connectivity index (χ4v) is 1.69. The maximum atomic E-state index is 13.0. The third kappa shape index (κ3) is 2.21. The molecule has 2 heteroatoms. The number of rotatable bonds is 1. The van der Waals surface area contributed by atoms with Gasteiger partial charge in [-0.05, 0) is 32.0 Å². The number of aryl methyl sites for hydroxylation is 2. The Labute approximate surface area is 88.6 Å². The normalized spacial score (nSPS) is 10.3. The second kappa shape index (κ2) is 3.81. The van der Waals surface area contributed by atoms with Crippen LogP contribution in [0.4, 0.5) is 4.39 Å². The predicted octanol–water partition coefficient (Wildman–Crippen LogP) is 3.50. The lowest BCUT2D eigenvalue weighted by Gasteiger charge is -2.04. The molecule has 0 aliphatic heterocycles. The number of hydrogen-bond donors (Lipinski definition) is 0. The monoisotopic (exact) mass is 201 g/mol. The second-order valence-electron chi connectivity index (χ2n) is 3.74. The van der Waals surface area contributed by atoms with Gasteiger partial charge in [-0.1, -0.05) is 17.2 Å². The van der Waals surface area contributed by atoms with E-state index in [2.05, 4.69) is 11.1 Å². The second-order valence-corrected chi connectivity index (χ2v) is 3.74. The van der Waals surface area contributed by atoms with Gasteiger partial charge in [-0.2, -0.15) is 0 Å². The summed E-state index contributed by atoms with van der Waals surface area (Å²) in [5.41, 5.74) is 3.97. The summed E-state index contributed by atoms with van der Waals surface area (Å²) in [5, 5.41) is 0. The molecule has 0 spiro atoms. The standard InChI is InChI=1S/C13H12FN/c1-9-5-10(2)7-11(6-9)13-8-12(14)3-4-15-13/h3-8H,1-2H3. The first-order chi connectivity index (χ1) is 7.15. The summed E-state index contributed by atoms with van der Waals surface area (Å²) in [4.78, 5) is 4.15. The molecule has 0 fully saturated rings. The van der Waals surface area contributed by atoms with E-state index in [-0.39, 0.29) is 5.82 Å². The number of hydrogen-bond acceptors (Lipinski definition) is 1. The van der Waals surface area contributed by atoms with Crippen LogP contribution >= 0.6 is 0 Å². The van der Waals surface area contributed by atoms with Crippen molar-refractivity contribution in [1.29, 1.82) is 0 Å². The Hall–Kier alpha value is -1.70. The van der Waals surface area contributed by atoms with E-state index >= 15 is 0 Å². The van der Waals surface area contributed by atoms with Crippen LogP contribution in [0.15, 0.2) is 36.5 Å². The number of halogens is 1. The Balaban J connectivity index is 2.54. The minimum absolute atomic E-state index is 0.251. The average molecular weight is 201 g/mol. The minimum atomic E-state index is -0.251. The molecule has 0 atom stereocenters. The quantitative estimate of drug-likeness (QED) is 0.688. The van der Waals surface area contributed by atoms with Crippen LogP contribution in [-0.2, 0) is 0 Å². The van der Waals surface area contributed by atoms with Gasteiger partial charge in [0.05, 0.1) is 5.69 Å². The van der Waals surface area contributed by atoms with Crippen LogP contribution in [-0.4, -0.2) is 4.98 Å². The summed E-state index contributed by atoms with van der Waals surface area (Å²) in [5.74, 6) is -0.251. The number of nitrogens with zero attached hydrogens (tertiary/aromatic N) is 1. The molecule has 15 heavy (non-hydrogen) atoms. The van der Waals surface area contributed by atoms with Crippen LogP contribution in [0.2, 0.25) is 0 Å². The molecule has 1 heterocycles. The Kier molecular flexibility index (Phi) is 2.50. The van der Waals surface area contributed by atoms with Gasteiger partial charge >= 0.3 is 0 Å². The highest BCUT2D eigenvalue weighted by molar-refractivity contribution is 5.61. The summed E-state index contributed by atoms with van der Waals surface area (Å²) < 4.78 is 13.0. The topological polar surface area (TPSA) is 12.9 Å². The molecule has 0 amide bonds. The van der Waals surface area contributed by atoms with Crippen LogP contribution in [0.3, 0.4) is 0 Å². The van der Waals surface area contributed by atoms with E-state index in [1.807, 2.05) is 26.0 Å². The largest absolute Gasteiger partial charge is 0.256 e. The molecular formula is C13H12FN. The molecule has 2 aromatic rings. The number of aromatic nitrogens is 1. The molecule has 1 aromatic carbocycles. The molecule has 0 bridgehead atoms. The van der Waals surface area contributed by atoms with E-state index in [1.165, 1.54) is 18.3 Å². The maximum Gasteiger partial charge on any atom is 0.126 e. The van der Waals surface area contributed by atoms with Gasteiger partial charge in [-0.3, -0.25) is 4.98 Å². The van der Waals surface area contributed by atoms with Gasteiger partial charge in [0.25, 0.3) is 0 Å². The summed E-state index contributed by atoms with van der Waals surface area (Å²) >= 11 is 0. The highest BCUT2D eigenvalue weighted by Crippen LogP contribution is 2.20. The molecule has 0 N–H and O–H groups in total. The van der Waals surface area contributed by atoms with Gasteiger partial charge in [0.15, 0.2) is 0 Å². The van der Waals surface area contributed by atoms with Gasteiger partial charge in [0.1, 0.15) is 5.82 Å². The SMILES string of the molecule is Cc1cc(C)cc(-c2cc(F)ccn2)c1. The van der Waals surface area contributed by atoms with Gasteiger partial charge in [0.2, 0.25) is 0 Å². The molecule has 0 radical (unpaired) electrons. The summed E-state index contributed by atoms with van der Waals surface area (Å²) in [6.45, 7) is 4.05. The Bertz CT molecular complexity index is 471. The molecule has 1 aromatic heterocycles. The van der Waals surface area contributed by atoms with Gasteiger partial charge in [-0.15, -0.1) is 0 Å². The van der Waals surface area contributed by atoms with Crippen molar-refractivity contribution in [2.75, 3.05) is 0 Å². The first-order valence-electron chi connectivity index (χ1n) is 4.85. The van der Waals surface area contributed by atoms with Gasteiger partial charge < -0.3 is 0 Å². The van der Waals surface area contributed by atoms with Crippen LogP contribution in [0.25, 0.3) is 11.3 Å². The van der Waals surface area contributed by atoms with Gasteiger partial charge in [0, 0.05) is 17.8 Å². The molecule has 0 aliphatic rings. The zero-order valence-electron chi connectivity index (χ0n) is 8.79. The van der Waals surface area contributed by atoms with Crippen molar-refractivity contribution in [2.45, 2.75) is 13.8 Å². The Morgan fingerprint density at radius 2 is 1.67 bits per heavy atom. The molecule has 76 valence electrons. The smallest absolute Gasteiger partial charge is 0.126 e. The lowest BCUT2D eigenvalue weighted by Crippen LogP contribution is -1.87. The molecule has 0 saturated carbocycles. The zero-order valence-corrected chi connectivity index (χ0v) is 8.79. The van der Waals surface area contributed by atoms with Crippen molar-refractivity contribution in [2.24, 2.45) is 0 Å². The predicted molar refractivity (Wildman–Crippen MR) is 59.1 cm³/mol. The van der Waals surface area contributed by atoms with Crippen LogP contribution < -0.4 is 0 Å².